The van der Waals surface area contributed by atoms with E-state index in [1.165, 1.54) is 6.92 Å². The Kier molecular flexibility index (Phi) is 5.58. The van der Waals surface area contributed by atoms with Crippen molar-refractivity contribution in [3.8, 4) is 22.8 Å². The van der Waals surface area contributed by atoms with E-state index < -0.39 is 0 Å². The number of carbonyl (C=O) groups excluding carboxylic acids is 2. The first-order chi connectivity index (χ1) is 14.5. The molecule has 0 radical (unpaired) electrons. The zero-order valence-corrected chi connectivity index (χ0v) is 16.8. The van der Waals surface area contributed by atoms with Gasteiger partial charge in [-0.15, -0.1) is 0 Å². The van der Waals surface area contributed by atoms with Crippen molar-refractivity contribution >= 4 is 17.5 Å². The van der Waals surface area contributed by atoms with Gasteiger partial charge in [0.1, 0.15) is 0 Å². The molecule has 2 amide bonds. The molecule has 0 aliphatic carbocycles. The van der Waals surface area contributed by atoms with E-state index in [4.69, 9.17) is 9.26 Å². The summed E-state index contributed by atoms with van der Waals surface area (Å²) in [4.78, 5) is 30.4. The minimum Gasteiger partial charge on any atom is -0.378 e. The van der Waals surface area contributed by atoms with Gasteiger partial charge in [0, 0.05) is 42.4 Å². The topological polar surface area (TPSA) is 97.6 Å². The van der Waals surface area contributed by atoms with Crippen LogP contribution in [-0.4, -0.2) is 53.2 Å². The molecule has 0 atom stereocenters. The Morgan fingerprint density at radius 2 is 1.87 bits per heavy atom. The Morgan fingerprint density at radius 3 is 2.63 bits per heavy atom. The number of ether oxygens (including phenoxy) is 1. The summed E-state index contributed by atoms with van der Waals surface area (Å²) in [7, 11) is 0. The van der Waals surface area contributed by atoms with Crippen LogP contribution in [-0.2, 0) is 9.53 Å². The van der Waals surface area contributed by atoms with Crippen LogP contribution in [0.5, 0.6) is 0 Å². The molecular formula is C22H22N4O4. The van der Waals surface area contributed by atoms with E-state index >= 15 is 0 Å². The van der Waals surface area contributed by atoms with E-state index in [-0.39, 0.29) is 11.8 Å². The molecule has 2 aromatic carbocycles. The molecule has 1 saturated heterocycles. The molecule has 0 spiro atoms. The van der Waals surface area contributed by atoms with Crippen LogP contribution in [0.3, 0.4) is 0 Å². The smallest absolute Gasteiger partial charge is 0.258 e. The normalized spacial score (nSPS) is 13.9. The van der Waals surface area contributed by atoms with Crippen LogP contribution in [0, 0.1) is 6.92 Å². The molecule has 8 nitrogen and oxygen atoms in total. The lowest BCUT2D eigenvalue weighted by Crippen LogP contribution is -2.40. The molecule has 1 aliphatic rings. The van der Waals surface area contributed by atoms with Crippen LogP contribution in [0.15, 0.2) is 47.0 Å². The lowest BCUT2D eigenvalue weighted by Gasteiger charge is -2.26. The lowest BCUT2D eigenvalue weighted by atomic mass is 10.1. The number of morpholine rings is 1. The number of carbonyl (C=O) groups is 2. The first-order valence-electron chi connectivity index (χ1n) is 9.71. The van der Waals surface area contributed by atoms with Crippen molar-refractivity contribution in [2.24, 2.45) is 0 Å². The number of hydrogen-bond acceptors (Lipinski definition) is 6. The molecule has 0 unspecified atom stereocenters. The number of hydrogen-bond donors (Lipinski definition) is 1. The highest BCUT2D eigenvalue weighted by Crippen LogP contribution is 2.27. The highest BCUT2D eigenvalue weighted by atomic mass is 16.5. The van der Waals surface area contributed by atoms with E-state index in [9.17, 15) is 9.59 Å². The molecule has 1 N–H and O–H groups in total. The monoisotopic (exact) mass is 406 g/mol. The van der Waals surface area contributed by atoms with Crippen LogP contribution >= 0.6 is 0 Å². The van der Waals surface area contributed by atoms with Crippen molar-refractivity contribution in [3.05, 3.63) is 53.6 Å². The van der Waals surface area contributed by atoms with Crippen molar-refractivity contribution < 1.29 is 18.8 Å². The lowest BCUT2D eigenvalue weighted by molar-refractivity contribution is -0.114. The zero-order valence-electron chi connectivity index (χ0n) is 16.8. The second kappa shape index (κ2) is 8.46. The van der Waals surface area contributed by atoms with Crippen molar-refractivity contribution in [1.29, 1.82) is 0 Å². The summed E-state index contributed by atoms with van der Waals surface area (Å²) in [5.74, 6) is 0.537. The Hall–Kier alpha value is -3.52. The molecule has 1 fully saturated rings. The van der Waals surface area contributed by atoms with Crippen molar-refractivity contribution in [2.75, 3.05) is 31.6 Å². The van der Waals surface area contributed by atoms with Gasteiger partial charge in [-0.1, -0.05) is 23.4 Å². The standard InChI is InChI=1S/C22H22N4O4/c1-14-6-7-17(13-19(14)23-15(2)27)21-24-20(25-30-21)16-4-3-5-18(12-16)22(28)26-8-10-29-11-9-26/h3-7,12-13H,8-11H2,1-2H3,(H,23,27). The molecule has 30 heavy (non-hydrogen) atoms. The summed E-state index contributed by atoms with van der Waals surface area (Å²) in [6.45, 7) is 5.64. The van der Waals surface area contributed by atoms with Gasteiger partial charge in [-0.3, -0.25) is 9.59 Å². The number of aryl methyl sites for hydroxylation is 1. The molecule has 4 rings (SSSR count). The molecule has 154 valence electrons. The highest BCUT2D eigenvalue weighted by Gasteiger charge is 2.20. The van der Waals surface area contributed by atoms with Gasteiger partial charge in [0.25, 0.3) is 11.8 Å². The van der Waals surface area contributed by atoms with Crippen LogP contribution < -0.4 is 5.32 Å². The summed E-state index contributed by atoms with van der Waals surface area (Å²) in [5.41, 5.74) is 3.59. The summed E-state index contributed by atoms with van der Waals surface area (Å²) in [6.07, 6.45) is 0. The zero-order chi connectivity index (χ0) is 21.1. The van der Waals surface area contributed by atoms with Gasteiger partial charge >= 0.3 is 0 Å². The molecular weight excluding hydrogens is 384 g/mol. The maximum atomic E-state index is 12.7. The molecule has 0 saturated carbocycles. The largest absolute Gasteiger partial charge is 0.378 e. The fraction of sp³-hybridized carbons (Fsp3) is 0.273. The summed E-state index contributed by atoms with van der Waals surface area (Å²) in [6, 6.07) is 12.7. The van der Waals surface area contributed by atoms with E-state index in [0.29, 0.717) is 60.4 Å². The van der Waals surface area contributed by atoms with Crippen molar-refractivity contribution in [1.82, 2.24) is 15.0 Å². The van der Waals surface area contributed by atoms with E-state index in [0.717, 1.165) is 5.56 Å². The van der Waals surface area contributed by atoms with Gasteiger partial charge in [0.05, 0.1) is 13.2 Å². The fourth-order valence-electron chi connectivity index (χ4n) is 3.28. The maximum absolute atomic E-state index is 12.7. The highest BCUT2D eigenvalue weighted by molar-refractivity contribution is 5.95. The maximum Gasteiger partial charge on any atom is 0.258 e. The second-order valence-electron chi connectivity index (χ2n) is 7.12. The average Bonchev–Trinajstić information content (AvgIpc) is 3.25. The third kappa shape index (κ3) is 4.23. The van der Waals surface area contributed by atoms with Crippen LogP contribution in [0.25, 0.3) is 22.8 Å². The van der Waals surface area contributed by atoms with Crippen LogP contribution in [0.2, 0.25) is 0 Å². The van der Waals surface area contributed by atoms with Gasteiger partial charge < -0.3 is 19.5 Å². The van der Waals surface area contributed by atoms with Gasteiger partial charge in [0.15, 0.2) is 0 Å². The Bertz CT molecular complexity index is 1090. The van der Waals surface area contributed by atoms with E-state index in [2.05, 4.69) is 15.5 Å². The molecule has 8 heteroatoms. The molecule has 1 aliphatic heterocycles. The molecule has 2 heterocycles. The number of nitrogens with one attached hydrogen (secondary N) is 1. The predicted octanol–water partition coefficient (Wildman–Crippen LogP) is 3.14. The predicted molar refractivity (Wildman–Crippen MR) is 111 cm³/mol. The van der Waals surface area contributed by atoms with Gasteiger partial charge in [-0.05, 0) is 36.8 Å². The quantitative estimate of drug-likeness (QED) is 0.715. The first-order valence-corrected chi connectivity index (χ1v) is 9.71. The average molecular weight is 406 g/mol. The number of amides is 2. The van der Waals surface area contributed by atoms with Gasteiger partial charge in [-0.25, -0.2) is 0 Å². The van der Waals surface area contributed by atoms with Crippen molar-refractivity contribution in [3.63, 3.8) is 0 Å². The third-order valence-corrected chi connectivity index (χ3v) is 4.89. The number of nitrogens with zero attached hydrogens (tertiary/aromatic N) is 3. The number of rotatable bonds is 4. The molecule has 1 aromatic heterocycles. The third-order valence-electron chi connectivity index (χ3n) is 4.89. The summed E-state index contributed by atoms with van der Waals surface area (Å²) >= 11 is 0. The SMILES string of the molecule is CC(=O)Nc1cc(-c2nc(-c3cccc(C(=O)N4CCOCC4)c3)no2)ccc1C. The Labute approximate surface area is 173 Å². The van der Waals surface area contributed by atoms with E-state index in [1.54, 1.807) is 29.2 Å². The Balaban J connectivity index is 1.59. The van der Waals surface area contributed by atoms with Gasteiger partial charge in [0.2, 0.25) is 11.7 Å². The number of benzene rings is 2. The molecule has 0 bridgehead atoms. The van der Waals surface area contributed by atoms with Crippen LogP contribution in [0.1, 0.15) is 22.8 Å². The summed E-state index contributed by atoms with van der Waals surface area (Å²) < 4.78 is 10.7. The minimum absolute atomic E-state index is 0.0395. The van der Waals surface area contributed by atoms with E-state index in [1.807, 2.05) is 25.1 Å². The summed E-state index contributed by atoms with van der Waals surface area (Å²) in [5, 5.41) is 6.86. The number of anilines is 1. The Morgan fingerprint density at radius 1 is 1.07 bits per heavy atom. The number of aromatic nitrogens is 2. The van der Waals surface area contributed by atoms with Gasteiger partial charge in [-0.2, -0.15) is 4.98 Å². The second-order valence-corrected chi connectivity index (χ2v) is 7.12. The minimum atomic E-state index is -0.150. The van der Waals surface area contributed by atoms with Crippen molar-refractivity contribution in [2.45, 2.75) is 13.8 Å². The van der Waals surface area contributed by atoms with Crippen LogP contribution in [0.4, 0.5) is 5.69 Å². The first kappa shape index (κ1) is 19.8. The fourth-order valence-corrected chi connectivity index (χ4v) is 3.28. The molecule has 3 aromatic rings.